The Hall–Kier alpha value is -0.600. The van der Waals surface area contributed by atoms with Crippen LogP contribution in [0.25, 0.3) is 0 Å². The first kappa shape index (κ1) is 15.4. The maximum absolute atomic E-state index is 5.66. The number of nitrogen functional groups attached to an aromatic ring is 1. The molecule has 0 aromatic heterocycles. The van der Waals surface area contributed by atoms with Crippen molar-refractivity contribution < 1.29 is 0 Å². The van der Waals surface area contributed by atoms with Crippen molar-refractivity contribution in [3.05, 3.63) is 24.3 Å². The van der Waals surface area contributed by atoms with Crippen LogP contribution in [0, 0.1) is 5.92 Å². The van der Waals surface area contributed by atoms with E-state index in [0.717, 1.165) is 11.6 Å². The maximum atomic E-state index is 5.66. The molecule has 0 radical (unpaired) electrons. The molecule has 1 heterocycles. The van der Waals surface area contributed by atoms with Crippen molar-refractivity contribution in [1.29, 1.82) is 0 Å². The molecule has 1 aliphatic heterocycles. The highest BCUT2D eigenvalue weighted by molar-refractivity contribution is 5.85. The Balaban J connectivity index is 0.00000112. The third-order valence-electron chi connectivity index (χ3n) is 3.04. The summed E-state index contributed by atoms with van der Waals surface area (Å²) >= 11 is 0. The standard InChI is InChI=1S/C12H18N2.2ClH/c1-10-6-8-14(9-7-10)12-4-2-11(13)3-5-12;;/h2-5,10H,6-9,13H2,1H3;2*1H. The van der Waals surface area contributed by atoms with Crippen molar-refractivity contribution in [1.82, 2.24) is 0 Å². The molecule has 0 atom stereocenters. The number of hydrogen-bond acceptors (Lipinski definition) is 2. The van der Waals surface area contributed by atoms with Crippen LogP contribution < -0.4 is 10.6 Å². The van der Waals surface area contributed by atoms with Gasteiger partial charge in [0.2, 0.25) is 0 Å². The molecule has 16 heavy (non-hydrogen) atoms. The van der Waals surface area contributed by atoms with Gasteiger partial charge in [-0.05, 0) is 43.0 Å². The van der Waals surface area contributed by atoms with Gasteiger partial charge in [-0.3, -0.25) is 0 Å². The molecular weight excluding hydrogens is 243 g/mol. The number of piperidine rings is 1. The summed E-state index contributed by atoms with van der Waals surface area (Å²) < 4.78 is 0. The molecule has 0 spiro atoms. The summed E-state index contributed by atoms with van der Waals surface area (Å²) in [4.78, 5) is 2.44. The summed E-state index contributed by atoms with van der Waals surface area (Å²) in [5, 5.41) is 0. The van der Waals surface area contributed by atoms with Crippen LogP contribution in [0.2, 0.25) is 0 Å². The fraction of sp³-hybridized carbons (Fsp3) is 0.500. The lowest BCUT2D eigenvalue weighted by Crippen LogP contribution is -2.32. The summed E-state index contributed by atoms with van der Waals surface area (Å²) in [6, 6.07) is 8.19. The molecule has 1 aliphatic rings. The van der Waals surface area contributed by atoms with E-state index >= 15 is 0 Å². The van der Waals surface area contributed by atoms with Crippen LogP contribution >= 0.6 is 24.8 Å². The third kappa shape index (κ3) is 3.76. The zero-order chi connectivity index (χ0) is 9.97. The zero-order valence-corrected chi connectivity index (χ0v) is 11.2. The quantitative estimate of drug-likeness (QED) is 0.787. The molecule has 1 aromatic carbocycles. The summed E-state index contributed by atoms with van der Waals surface area (Å²) in [6.45, 7) is 4.70. The monoisotopic (exact) mass is 262 g/mol. The predicted octanol–water partition coefficient (Wildman–Crippen LogP) is 3.35. The summed E-state index contributed by atoms with van der Waals surface area (Å²) in [6.07, 6.45) is 2.62. The van der Waals surface area contributed by atoms with E-state index in [1.165, 1.54) is 31.6 Å². The Morgan fingerprint density at radius 3 is 2.06 bits per heavy atom. The highest BCUT2D eigenvalue weighted by Crippen LogP contribution is 2.23. The summed E-state index contributed by atoms with van der Waals surface area (Å²) in [5.74, 6) is 0.889. The molecule has 1 saturated heterocycles. The normalized spacial score (nSPS) is 16.2. The van der Waals surface area contributed by atoms with Gasteiger partial charge in [0.1, 0.15) is 0 Å². The van der Waals surface area contributed by atoms with Crippen molar-refractivity contribution in [2.45, 2.75) is 19.8 Å². The van der Waals surface area contributed by atoms with Gasteiger partial charge in [0.05, 0.1) is 0 Å². The van der Waals surface area contributed by atoms with E-state index in [0.29, 0.717) is 0 Å². The molecule has 2 N–H and O–H groups in total. The van der Waals surface area contributed by atoms with Crippen molar-refractivity contribution in [2.75, 3.05) is 23.7 Å². The number of rotatable bonds is 1. The minimum atomic E-state index is 0. The predicted molar refractivity (Wildman–Crippen MR) is 76.0 cm³/mol. The van der Waals surface area contributed by atoms with Gasteiger partial charge in [0.25, 0.3) is 0 Å². The Labute approximate surface area is 110 Å². The second kappa shape index (κ2) is 6.87. The Bertz CT molecular complexity index is 292. The molecule has 92 valence electrons. The van der Waals surface area contributed by atoms with Crippen molar-refractivity contribution >= 4 is 36.2 Å². The first-order valence-corrected chi connectivity index (χ1v) is 5.36. The van der Waals surface area contributed by atoms with Crippen LogP contribution in [0.15, 0.2) is 24.3 Å². The lowest BCUT2D eigenvalue weighted by molar-refractivity contribution is 0.438. The second-order valence-electron chi connectivity index (χ2n) is 4.26. The highest BCUT2D eigenvalue weighted by Gasteiger charge is 2.15. The van der Waals surface area contributed by atoms with E-state index in [4.69, 9.17) is 5.73 Å². The smallest absolute Gasteiger partial charge is 0.0367 e. The number of halogens is 2. The van der Waals surface area contributed by atoms with Gasteiger partial charge in [-0.15, -0.1) is 24.8 Å². The van der Waals surface area contributed by atoms with Gasteiger partial charge in [-0.2, -0.15) is 0 Å². The number of anilines is 2. The highest BCUT2D eigenvalue weighted by atomic mass is 35.5. The largest absolute Gasteiger partial charge is 0.399 e. The average Bonchev–Trinajstić information content (AvgIpc) is 2.21. The third-order valence-corrected chi connectivity index (χ3v) is 3.04. The van der Waals surface area contributed by atoms with Gasteiger partial charge in [-0.1, -0.05) is 6.92 Å². The van der Waals surface area contributed by atoms with Gasteiger partial charge in [0.15, 0.2) is 0 Å². The van der Waals surface area contributed by atoms with E-state index in [-0.39, 0.29) is 24.8 Å². The van der Waals surface area contributed by atoms with Gasteiger partial charge < -0.3 is 10.6 Å². The fourth-order valence-corrected chi connectivity index (χ4v) is 1.95. The summed E-state index contributed by atoms with van der Waals surface area (Å²) in [7, 11) is 0. The van der Waals surface area contributed by atoms with Crippen LogP contribution in [0.1, 0.15) is 19.8 Å². The maximum Gasteiger partial charge on any atom is 0.0367 e. The van der Waals surface area contributed by atoms with Crippen LogP contribution in [-0.2, 0) is 0 Å². The first-order chi connectivity index (χ1) is 6.75. The molecule has 0 amide bonds. The fourth-order valence-electron chi connectivity index (χ4n) is 1.95. The van der Waals surface area contributed by atoms with Gasteiger partial charge in [0, 0.05) is 24.5 Å². The lowest BCUT2D eigenvalue weighted by Gasteiger charge is -2.32. The van der Waals surface area contributed by atoms with E-state index in [9.17, 15) is 0 Å². The van der Waals surface area contributed by atoms with E-state index in [1.54, 1.807) is 0 Å². The van der Waals surface area contributed by atoms with Crippen molar-refractivity contribution in [3.8, 4) is 0 Å². The second-order valence-corrected chi connectivity index (χ2v) is 4.26. The minimum Gasteiger partial charge on any atom is -0.399 e. The molecular formula is C12H20Cl2N2. The molecule has 1 fully saturated rings. The SMILES string of the molecule is CC1CCN(c2ccc(N)cc2)CC1.Cl.Cl. The molecule has 0 aliphatic carbocycles. The summed E-state index contributed by atoms with van der Waals surface area (Å²) in [5.41, 5.74) is 7.82. The van der Waals surface area contributed by atoms with Gasteiger partial charge in [-0.25, -0.2) is 0 Å². The minimum absolute atomic E-state index is 0. The first-order valence-electron chi connectivity index (χ1n) is 5.36. The molecule has 0 unspecified atom stereocenters. The molecule has 0 saturated carbocycles. The Morgan fingerprint density at radius 1 is 1.06 bits per heavy atom. The number of nitrogens with zero attached hydrogens (tertiary/aromatic N) is 1. The topological polar surface area (TPSA) is 29.3 Å². The Morgan fingerprint density at radius 2 is 1.56 bits per heavy atom. The van der Waals surface area contributed by atoms with Crippen molar-refractivity contribution in [2.24, 2.45) is 5.92 Å². The number of nitrogens with two attached hydrogens (primary N) is 1. The van der Waals surface area contributed by atoms with Gasteiger partial charge >= 0.3 is 0 Å². The molecule has 0 bridgehead atoms. The Kier molecular flexibility index (Phi) is 6.61. The van der Waals surface area contributed by atoms with Crippen LogP contribution in [-0.4, -0.2) is 13.1 Å². The van der Waals surface area contributed by atoms with Crippen LogP contribution in [0.5, 0.6) is 0 Å². The molecule has 2 rings (SSSR count). The molecule has 2 nitrogen and oxygen atoms in total. The average molecular weight is 263 g/mol. The number of hydrogen-bond donors (Lipinski definition) is 1. The van der Waals surface area contributed by atoms with E-state index < -0.39 is 0 Å². The molecule has 4 heteroatoms. The van der Waals surface area contributed by atoms with Crippen LogP contribution in [0.4, 0.5) is 11.4 Å². The van der Waals surface area contributed by atoms with Crippen LogP contribution in [0.3, 0.4) is 0 Å². The molecule has 1 aromatic rings. The van der Waals surface area contributed by atoms with E-state index in [2.05, 4.69) is 24.0 Å². The van der Waals surface area contributed by atoms with Crippen molar-refractivity contribution in [3.63, 3.8) is 0 Å². The zero-order valence-electron chi connectivity index (χ0n) is 9.56. The van der Waals surface area contributed by atoms with E-state index in [1.807, 2.05) is 12.1 Å². The lowest BCUT2D eigenvalue weighted by atomic mass is 9.99. The number of benzene rings is 1.